The number of carbonyl (C=O) groups is 1. The lowest BCUT2D eigenvalue weighted by Crippen LogP contribution is -2.34. The van der Waals surface area contributed by atoms with E-state index < -0.39 is 6.10 Å². The lowest BCUT2D eigenvalue weighted by Gasteiger charge is -2.15. The molecule has 2 aromatic rings. The van der Waals surface area contributed by atoms with Crippen LogP contribution < -0.4 is 15.8 Å². The number of ether oxygens (including phenoxy) is 1. The van der Waals surface area contributed by atoms with E-state index in [1.807, 2.05) is 25.1 Å². The molecule has 5 nitrogen and oxygen atoms in total. The highest BCUT2D eigenvalue weighted by Crippen LogP contribution is 2.39. The Balaban J connectivity index is 2.30. The fourth-order valence-corrected chi connectivity index (χ4v) is 3.38. The van der Waals surface area contributed by atoms with E-state index in [4.69, 9.17) is 10.5 Å². The van der Waals surface area contributed by atoms with E-state index in [9.17, 15) is 9.90 Å². The monoisotopic (exact) mass is 308 g/mol. The van der Waals surface area contributed by atoms with E-state index in [2.05, 4.69) is 5.32 Å². The van der Waals surface area contributed by atoms with Crippen LogP contribution in [0.3, 0.4) is 0 Å². The molecule has 1 aromatic carbocycles. The number of thiophene rings is 1. The number of methoxy groups -OCH3 is 1. The van der Waals surface area contributed by atoms with Crippen molar-refractivity contribution in [3.05, 3.63) is 23.1 Å². The molecule has 0 bridgehead atoms. The second-order valence-corrected chi connectivity index (χ2v) is 6.19. The molecular weight excluding hydrogens is 288 g/mol. The van der Waals surface area contributed by atoms with Crippen LogP contribution in [0.4, 0.5) is 5.69 Å². The smallest absolute Gasteiger partial charge is 0.263 e. The van der Waals surface area contributed by atoms with Gasteiger partial charge in [0.15, 0.2) is 0 Å². The van der Waals surface area contributed by atoms with Crippen LogP contribution in [0.5, 0.6) is 5.75 Å². The van der Waals surface area contributed by atoms with Crippen molar-refractivity contribution in [1.29, 1.82) is 0 Å². The molecule has 0 saturated carbocycles. The number of amides is 1. The predicted octanol–water partition coefficient (Wildman–Crippen LogP) is 2.38. The highest BCUT2D eigenvalue weighted by molar-refractivity contribution is 7.21. The van der Waals surface area contributed by atoms with Gasteiger partial charge in [0.05, 0.1) is 24.3 Å². The third-order valence-corrected chi connectivity index (χ3v) is 4.38. The molecule has 21 heavy (non-hydrogen) atoms. The maximum atomic E-state index is 12.3. The first-order chi connectivity index (χ1) is 9.93. The van der Waals surface area contributed by atoms with E-state index in [0.717, 1.165) is 10.1 Å². The summed E-state index contributed by atoms with van der Waals surface area (Å²) in [7, 11) is 1.58. The van der Waals surface area contributed by atoms with Crippen molar-refractivity contribution in [2.75, 3.05) is 12.8 Å². The minimum atomic E-state index is -0.458. The van der Waals surface area contributed by atoms with Gasteiger partial charge in [0.25, 0.3) is 5.91 Å². The molecule has 2 rings (SSSR count). The standard InChI is InChI=1S/C15H20N2O3S/c1-8(7-9(2)18)17-15(19)14-13(16)12-10(20-3)5-4-6-11(12)21-14/h4-6,8-9,18H,7,16H2,1-3H3,(H,17,19). The molecular formula is C15H20N2O3S. The van der Waals surface area contributed by atoms with Gasteiger partial charge in [-0.2, -0.15) is 0 Å². The SMILES string of the molecule is COc1cccc2sc(C(=O)NC(C)CC(C)O)c(N)c12. The van der Waals surface area contributed by atoms with E-state index in [0.29, 0.717) is 22.7 Å². The van der Waals surface area contributed by atoms with E-state index in [1.165, 1.54) is 11.3 Å². The first-order valence-corrected chi connectivity index (χ1v) is 7.59. The Morgan fingerprint density at radius 1 is 1.48 bits per heavy atom. The molecule has 0 fully saturated rings. The summed E-state index contributed by atoms with van der Waals surface area (Å²) in [6.07, 6.45) is 0.0417. The van der Waals surface area contributed by atoms with E-state index >= 15 is 0 Å². The molecule has 1 heterocycles. The number of fused-ring (bicyclic) bond motifs is 1. The van der Waals surface area contributed by atoms with Crippen LogP contribution in [-0.2, 0) is 0 Å². The summed E-state index contributed by atoms with van der Waals surface area (Å²) in [6.45, 7) is 3.55. The number of hydrogen-bond acceptors (Lipinski definition) is 5. The molecule has 4 N–H and O–H groups in total. The average Bonchev–Trinajstić information content (AvgIpc) is 2.75. The second kappa shape index (κ2) is 6.32. The van der Waals surface area contributed by atoms with Crippen LogP contribution in [-0.4, -0.2) is 30.3 Å². The van der Waals surface area contributed by atoms with E-state index in [1.54, 1.807) is 14.0 Å². The van der Waals surface area contributed by atoms with Crippen molar-refractivity contribution in [1.82, 2.24) is 5.32 Å². The summed E-state index contributed by atoms with van der Waals surface area (Å²) < 4.78 is 6.21. The maximum absolute atomic E-state index is 12.3. The maximum Gasteiger partial charge on any atom is 0.263 e. The number of hydrogen-bond donors (Lipinski definition) is 3. The molecule has 0 aliphatic heterocycles. The molecule has 0 spiro atoms. The topological polar surface area (TPSA) is 84.6 Å². The zero-order valence-corrected chi connectivity index (χ0v) is 13.2. The van der Waals surface area contributed by atoms with Gasteiger partial charge in [-0.3, -0.25) is 4.79 Å². The van der Waals surface area contributed by atoms with Gasteiger partial charge >= 0.3 is 0 Å². The summed E-state index contributed by atoms with van der Waals surface area (Å²) in [5, 5.41) is 13.0. The molecule has 2 unspecified atom stereocenters. The van der Waals surface area contributed by atoms with Crippen molar-refractivity contribution in [2.24, 2.45) is 0 Å². The molecule has 1 aromatic heterocycles. The van der Waals surface area contributed by atoms with Gasteiger partial charge in [0.2, 0.25) is 0 Å². The lowest BCUT2D eigenvalue weighted by atomic mass is 10.1. The number of benzene rings is 1. The number of nitrogen functional groups attached to an aromatic ring is 1. The molecule has 2 atom stereocenters. The van der Waals surface area contributed by atoms with Crippen molar-refractivity contribution < 1.29 is 14.6 Å². The Bertz CT molecular complexity index is 652. The summed E-state index contributed by atoms with van der Waals surface area (Å²) in [5.41, 5.74) is 6.55. The highest BCUT2D eigenvalue weighted by atomic mass is 32.1. The zero-order valence-electron chi connectivity index (χ0n) is 12.3. The third kappa shape index (κ3) is 3.28. The molecule has 0 aliphatic rings. The summed E-state index contributed by atoms with van der Waals surface area (Å²) in [5.74, 6) is 0.446. The van der Waals surface area contributed by atoms with Crippen molar-refractivity contribution >= 4 is 33.0 Å². The molecule has 0 aliphatic carbocycles. The average molecular weight is 308 g/mol. The highest BCUT2D eigenvalue weighted by Gasteiger charge is 2.20. The Labute approximate surface area is 127 Å². The largest absolute Gasteiger partial charge is 0.496 e. The quantitative estimate of drug-likeness (QED) is 0.792. The number of aliphatic hydroxyl groups excluding tert-OH is 1. The number of rotatable bonds is 5. The Kier molecular flexibility index (Phi) is 4.69. The van der Waals surface area contributed by atoms with Crippen LogP contribution in [0.25, 0.3) is 10.1 Å². The fourth-order valence-electron chi connectivity index (χ4n) is 2.34. The van der Waals surface area contributed by atoms with E-state index in [-0.39, 0.29) is 11.9 Å². The van der Waals surface area contributed by atoms with Gasteiger partial charge < -0.3 is 20.9 Å². The van der Waals surface area contributed by atoms with Crippen molar-refractivity contribution in [3.63, 3.8) is 0 Å². The number of carbonyl (C=O) groups excluding carboxylic acids is 1. The van der Waals surface area contributed by atoms with Gasteiger partial charge in [-0.15, -0.1) is 11.3 Å². The lowest BCUT2D eigenvalue weighted by molar-refractivity contribution is 0.0928. The van der Waals surface area contributed by atoms with Gasteiger partial charge in [0, 0.05) is 10.7 Å². The van der Waals surface area contributed by atoms with Gasteiger partial charge in [-0.1, -0.05) is 6.07 Å². The first kappa shape index (κ1) is 15.6. The predicted molar refractivity (Wildman–Crippen MR) is 86.0 cm³/mol. The summed E-state index contributed by atoms with van der Waals surface area (Å²) >= 11 is 1.34. The van der Waals surface area contributed by atoms with Crippen LogP contribution in [0.15, 0.2) is 18.2 Å². The van der Waals surface area contributed by atoms with Crippen LogP contribution >= 0.6 is 11.3 Å². The first-order valence-electron chi connectivity index (χ1n) is 6.78. The van der Waals surface area contributed by atoms with Crippen LogP contribution in [0, 0.1) is 0 Å². The fraction of sp³-hybridized carbons (Fsp3) is 0.400. The Morgan fingerprint density at radius 3 is 2.81 bits per heavy atom. The number of nitrogens with one attached hydrogen (secondary N) is 1. The van der Waals surface area contributed by atoms with Gasteiger partial charge in [0.1, 0.15) is 10.6 Å². The minimum absolute atomic E-state index is 0.121. The Morgan fingerprint density at radius 2 is 2.19 bits per heavy atom. The summed E-state index contributed by atoms with van der Waals surface area (Å²) in [6, 6.07) is 5.48. The number of anilines is 1. The number of nitrogens with two attached hydrogens (primary N) is 1. The van der Waals surface area contributed by atoms with Gasteiger partial charge in [-0.05, 0) is 32.4 Å². The molecule has 6 heteroatoms. The van der Waals surface area contributed by atoms with Crippen molar-refractivity contribution in [2.45, 2.75) is 32.4 Å². The minimum Gasteiger partial charge on any atom is -0.496 e. The molecule has 0 radical (unpaired) electrons. The molecule has 114 valence electrons. The molecule has 1 amide bonds. The zero-order chi connectivity index (χ0) is 15.6. The van der Waals surface area contributed by atoms with Gasteiger partial charge in [-0.25, -0.2) is 0 Å². The summed E-state index contributed by atoms with van der Waals surface area (Å²) in [4.78, 5) is 12.8. The number of aliphatic hydroxyl groups is 1. The van der Waals surface area contributed by atoms with Crippen LogP contribution in [0.1, 0.15) is 29.9 Å². The Hall–Kier alpha value is -1.79. The van der Waals surface area contributed by atoms with Crippen LogP contribution in [0.2, 0.25) is 0 Å². The molecule has 0 saturated heterocycles. The second-order valence-electron chi connectivity index (χ2n) is 5.14. The normalized spacial score (nSPS) is 13.9. The van der Waals surface area contributed by atoms with Crippen molar-refractivity contribution in [3.8, 4) is 5.75 Å². The third-order valence-electron chi connectivity index (χ3n) is 3.21.